The van der Waals surface area contributed by atoms with E-state index in [0.717, 1.165) is 11.3 Å². The Balaban J connectivity index is 1.52. The molecule has 11 heteroatoms. The number of aromatic nitrogens is 2. The smallest absolute Gasteiger partial charge is 0.249 e. The van der Waals surface area contributed by atoms with Gasteiger partial charge < -0.3 is 24.8 Å². The first-order chi connectivity index (χ1) is 20.0. The van der Waals surface area contributed by atoms with Crippen LogP contribution in [0.5, 0.6) is 17.2 Å². The number of rotatable bonds is 9. The van der Waals surface area contributed by atoms with E-state index < -0.39 is 34.6 Å². The molecule has 42 heavy (non-hydrogen) atoms. The molecule has 10 nitrogen and oxygen atoms in total. The van der Waals surface area contributed by atoms with Crippen molar-refractivity contribution in [3.05, 3.63) is 87.4 Å². The molecule has 1 aromatic heterocycles. The first kappa shape index (κ1) is 29.1. The van der Waals surface area contributed by atoms with Crippen LogP contribution in [0, 0.1) is 6.92 Å². The fourth-order valence-corrected chi connectivity index (χ4v) is 5.92. The number of nitrogens with one attached hydrogen (secondary N) is 1. The second kappa shape index (κ2) is 11.1. The van der Waals surface area contributed by atoms with E-state index >= 15 is 0 Å². The number of allylic oxidation sites excluding steroid dienone is 4. The van der Waals surface area contributed by atoms with Crippen molar-refractivity contribution in [3.63, 3.8) is 0 Å². The lowest BCUT2D eigenvalue weighted by molar-refractivity contribution is -0.123. The molecule has 3 N–H and O–H groups in total. The third-order valence-electron chi connectivity index (χ3n) is 7.75. The molecule has 3 aromatic rings. The fourth-order valence-electron chi connectivity index (χ4n) is 5.45. The number of thioether (sulfide) groups is 1. The van der Waals surface area contributed by atoms with Crippen molar-refractivity contribution >= 4 is 29.1 Å². The third kappa shape index (κ3) is 4.77. The van der Waals surface area contributed by atoms with Crippen molar-refractivity contribution in [1.82, 2.24) is 15.5 Å². The van der Waals surface area contributed by atoms with Gasteiger partial charge in [0, 0.05) is 23.8 Å². The number of phenols is 2. The molecule has 0 amide bonds. The average molecular weight is 590 g/mol. The van der Waals surface area contributed by atoms with Gasteiger partial charge in [-0.3, -0.25) is 14.4 Å². The Hall–Kier alpha value is -4.38. The Labute approximate surface area is 246 Å². The highest BCUT2D eigenvalue weighted by Gasteiger charge is 2.56. The van der Waals surface area contributed by atoms with Gasteiger partial charge in [0.05, 0.1) is 11.1 Å². The molecule has 0 spiro atoms. The van der Waals surface area contributed by atoms with Crippen LogP contribution in [0.2, 0.25) is 0 Å². The van der Waals surface area contributed by atoms with E-state index in [1.54, 1.807) is 18.7 Å². The van der Waals surface area contributed by atoms with Crippen LogP contribution in [0.3, 0.4) is 0 Å². The van der Waals surface area contributed by atoms with E-state index in [0.29, 0.717) is 30.3 Å². The average Bonchev–Trinajstić information content (AvgIpc) is 3.53. The molecule has 5 rings (SSSR count). The number of nitrogens with zero attached hydrogens (tertiary/aromatic N) is 2. The summed E-state index contributed by atoms with van der Waals surface area (Å²) in [6, 6.07) is 9.27. The number of ketones is 3. The minimum Gasteiger partial charge on any atom is -0.507 e. The summed E-state index contributed by atoms with van der Waals surface area (Å²) in [5.74, 6) is -1.08. The third-order valence-corrected chi connectivity index (χ3v) is 8.39. The van der Waals surface area contributed by atoms with Gasteiger partial charge in [0.15, 0.2) is 23.2 Å². The number of carbonyl (C=O) groups excluding carboxylic acids is 3. The van der Waals surface area contributed by atoms with Gasteiger partial charge in [-0.1, -0.05) is 35.5 Å². The molecule has 0 radical (unpaired) electrons. The molecule has 2 aromatic carbocycles. The van der Waals surface area contributed by atoms with Crippen LogP contribution in [0.4, 0.5) is 0 Å². The second-order valence-corrected chi connectivity index (χ2v) is 11.6. The molecule has 1 unspecified atom stereocenters. The normalized spacial score (nSPS) is 19.5. The van der Waals surface area contributed by atoms with Gasteiger partial charge >= 0.3 is 0 Å². The zero-order valence-corrected chi connectivity index (χ0v) is 24.7. The number of fused-ring (bicyclic) bond motifs is 3. The van der Waals surface area contributed by atoms with Crippen molar-refractivity contribution < 1.29 is 33.9 Å². The van der Waals surface area contributed by atoms with E-state index in [9.17, 15) is 24.6 Å². The van der Waals surface area contributed by atoms with Gasteiger partial charge in [-0.15, -0.1) is 0 Å². The topological polar surface area (TPSA) is 152 Å². The van der Waals surface area contributed by atoms with E-state index in [-0.39, 0.29) is 39.5 Å². The number of hydrogen-bond donors (Lipinski definition) is 3. The molecule has 1 aliphatic heterocycles. The summed E-state index contributed by atoms with van der Waals surface area (Å²) in [5, 5.41) is 29.0. The first-order valence-electron chi connectivity index (χ1n) is 13.4. The summed E-state index contributed by atoms with van der Waals surface area (Å²) in [7, 11) is 0. The van der Waals surface area contributed by atoms with Crippen LogP contribution >= 0.6 is 11.8 Å². The van der Waals surface area contributed by atoms with Gasteiger partial charge in [-0.25, -0.2) is 0 Å². The van der Waals surface area contributed by atoms with Gasteiger partial charge in [0.2, 0.25) is 5.89 Å². The van der Waals surface area contributed by atoms with Crippen LogP contribution in [0.1, 0.15) is 72.0 Å². The van der Waals surface area contributed by atoms with Crippen LogP contribution < -0.4 is 10.1 Å². The van der Waals surface area contributed by atoms with Crippen LogP contribution in [-0.4, -0.2) is 49.7 Å². The summed E-state index contributed by atoms with van der Waals surface area (Å²) in [5.41, 5.74) is -0.470. The van der Waals surface area contributed by atoms with Crippen molar-refractivity contribution in [2.24, 2.45) is 0 Å². The molecular formula is C31H31N3O7S. The quantitative estimate of drug-likeness (QED) is 0.182. The number of ether oxygens (including phenoxy) is 1. The second-order valence-electron chi connectivity index (χ2n) is 10.6. The van der Waals surface area contributed by atoms with Gasteiger partial charge in [-0.2, -0.15) is 16.7 Å². The van der Waals surface area contributed by atoms with Gasteiger partial charge in [-0.05, 0) is 51.7 Å². The zero-order chi connectivity index (χ0) is 30.3. The molecule has 2 aliphatic rings. The molecule has 1 aliphatic carbocycles. The Morgan fingerprint density at radius 2 is 1.86 bits per heavy atom. The lowest BCUT2D eigenvalue weighted by atomic mass is 9.70. The zero-order valence-electron chi connectivity index (χ0n) is 23.9. The molecule has 2 atom stereocenters. The maximum atomic E-state index is 14.2. The summed E-state index contributed by atoms with van der Waals surface area (Å²) in [4.78, 5) is 44.5. The van der Waals surface area contributed by atoms with E-state index in [4.69, 9.17) is 9.26 Å². The van der Waals surface area contributed by atoms with Crippen molar-refractivity contribution in [3.8, 4) is 17.2 Å². The number of aromatic hydroxyl groups is 2. The predicted octanol–water partition coefficient (Wildman–Crippen LogP) is 4.63. The number of Topliss-reactive ketones (excluding diaryl/α,β-unsaturated/α-hetero) is 2. The van der Waals surface area contributed by atoms with Crippen LogP contribution in [0.25, 0.3) is 0 Å². The van der Waals surface area contributed by atoms with Gasteiger partial charge in [0.25, 0.3) is 0 Å². The Morgan fingerprint density at radius 1 is 1.14 bits per heavy atom. The molecule has 0 saturated carbocycles. The van der Waals surface area contributed by atoms with Crippen molar-refractivity contribution in [1.29, 1.82) is 0 Å². The maximum absolute atomic E-state index is 14.2. The highest BCUT2D eigenvalue weighted by molar-refractivity contribution is 7.98. The minimum atomic E-state index is -1.60. The van der Waals surface area contributed by atoms with Gasteiger partial charge in [0.1, 0.15) is 40.0 Å². The number of carbonyl (C=O) groups is 3. The number of benzene rings is 2. The van der Waals surface area contributed by atoms with Crippen molar-refractivity contribution in [2.75, 3.05) is 12.0 Å². The molecule has 0 fully saturated rings. The van der Waals surface area contributed by atoms with Crippen molar-refractivity contribution in [2.45, 2.75) is 52.0 Å². The minimum absolute atomic E-state index is 0.0201. The largest absolute Gasteiger partial charge is 0.507 e. The number of phenolic OH excluding ortho intramolecular Hbond substituents is 2. The lowest BCUT2D eigenvalue weighted by Crippen LogP contribution is -2.41. The monoisotopic (exact) mass is 589 g/mol. The highest BCUT2D eigenvalue weighted by atomic mass is 32.2. The standard InChI is InChI=1S/C31H31N3O7S/c1-15-26(37)24(17(3)35)28-25(27(15)38)31(4)21(40-28)14-20(36)23(29(31)39)16(2)32-19(11-12-42-5)30-33-22(34-41-30)13-18-9-7-6-8-10-18/h6-10,14,19,32,37-38H,11-13H2,1-5H3/b23-16+/t19?,31-/m0/s1. The number of hydrogen-bond acceptors (Lipinski definition) is 11. The molecule has 0 bridgehead atoms. The lowest BCUT2D eigenvalue weighted by Gasteiger charge is -2.29. The maximum Gasteiger partial charge on any atom is 0.249 e. The molecule has 0 saturated heterocycles. The summed E-state index contributed by atoms with van der Waals surface area (Å²) in [6.07, 6.45) is 4.23. The summed E-state index contributed by atoms with van der Waals surface area (Å²) >= 11 is 1.63. The predicted molar refractivity (Wildman–Crippen MR) is 156 cm³/mol. The molecular weight excluding hydrogens is 558 g/mol. The Kier molecular flexibility index (Phi) is 7.72. The van der Waals surface area contributed by atoms with Crippen LogP contribution in [-0.2, 0) is 21.4 Å². The fraction of sp³-hybridized carbons (Fsp3) is 0.323. The van der Waals surface area contributed by atoms with E-state index in [1.165, 1.54) is 26.8 Å². The summed E-state index contributed by atoms with van der Waals surface area (Å²) in [6.45, 7) is 5.85. The Morgan fingerprint density at radius 3 is 2.52 bits per heavy atom. The Bertz CT molecular complexity index is 1680. The van der Waals surface area contributed by atoms with Crippen LogP contribution in [0.15, 0.2) is 58.0 Å². The first-order valence-corrected chi connectivity index (χ1v) is 14.8. The van der Waals surface area contributed by atoms with E-state index in [1.807, 2.05) is 36.6 Å². The highest BCUT2D eigenvalue weighted by Crippen LogP contribution is 2.57. The summed E-state index contributed by atoms with van der Waals surface area (Å²) < 4.78 is 11.4. The van der Waals surface area contributed by atoms with E-state index in [2.05, 4.69) is 15.5 Å². The SMILES string of the molecule is CSCCC(N/C(C)=C1\C(=O)C=C2Oc3c(C(C)=O)c(O)c(C)c(O)c3[C@@]2(C)C1=O)c1nc(Cc2ccccc2)no1. The molecule has 2 heterocycles. The molecule has 218 valence electrons.